The Kier molecular flexibility index (Phi) is 6.72. The molecule has 1 aliphatic rings. The first-order valence-corrected chi connectivity index (χ1v) is 11.7. The summed E-state index contributed by atoms with van der Waals surface area (Å²) < 4.78 is 5.97. The van der Waals surface area contributed by atoms with Gasteiger partial charge >= 0.3 is 5.97 Å². The Hall–Kier alpha value is -1.55. The number of rotatable bonds is 3. The van der Waals surface area contributed by atoms with E-state index in [1.165, 1.54) is 0 Å². The van der Waals surface area contributed by atoms with E-state index >= 15 is 0 Å². The summed E-state index contributed by atoms with van der Waals surface area (Å²) in [6, 6.07) is 1.92. The third-order valence-electron chi connectivity index (χ3n) is 7.09. The van der Waals surface area contributed by atoms with E-state index in [2.05, 4.69) is 81.2 Å². The number of nitrogens with zero attached hydrogens (tertiary/aromatic N) is 1. The number of piperidine rings is 1. The van der Waals surface area contributed by atoms with Crippen molar-refractivity contribution >= 4 is 5.97 Å². The fourth-order valence-corrected chi connectivity index (χ4v) is 5.25. The molecule has 0 atom stereocenters. The summed E-state index contributed by atoms with van der Waals surface area (Å²) in [5.74, 6) is 0.912. The molecule has 31 heavy (non-hydrogen) atoms. The average Bonchev–Trinajstić information content (AvgIpc) is 2.57. The molecule has 0 amide bonds. The molecule has 1 N–H and O–H groups in total. The summed E-state index contributed by atoms with van der Waals surface area (Å²) in [6.45, 7) is 23.6. The van der Waals surface area contributed by atoms with Crippen LogP contribution in [0.5, 0.6) is 11.5 Å². The van der Waals surface area contributed by atoms with E-state index in [1.807, 2.05) is 13.0 Å². The van der Waals surface area contributed by atoms with E-state index in [0.29, 0.717) is 17.9 Å². The molecule has 0 aromatic heterocycles. The number of phenols is 1. The molecule has 4 nitrogen and oxygen atoms in total. The quantitative estimate of drug-likeness (QED) is 0.429. The monoisotopic (exact) mass is 431 g/mol. The first-order valence-electron chi connectivity index (χ1n) is 11.7. The number of ether oxygens (including phenoxy) is 1. The van der Waals surface area contributed by atoms with E-state index in [0.717, 1.165) is 29.5 Å². The summed E-state index contributed by atoms with van der Waals surface area (Å²) in [5, 5.41) is 11.5. The van der Waals surface area contributed by atoms with E-state index in [9.17, 15) is 9.90 Å². The molecule has 0 aliphatic carbocycles. The maximum Gasteiger partial charge on any atom is 0.310 e. The van der Waals surface area contributed by atoms with Gasteiger partial charge in [-0.1, -0.05) is 48.5 Å². The lowest BCUT2D eigenvalue weighted by Crippen LogP contribution is -2.58. The van der Waals surface area contributed by atoms with Gasteiger partial charge in [0.2, 0.25) is 0 Å². The highest BCUT2D eigenvalue weighted by Gasteiger charge is 2.46. The minimum absolute atomic E-state index is 0.0219. The SMILES string of the molecule is CCC(=O)Oc1cc(C(C)(C)C)c(O)c(C(C)(C)C)c1C1CC(C)(C)N(C)C(C)(C)C1. The van der Waals surface area contributed by atoms with Crippen LogP contribution in [0, 0.1) is 0 Å². The van der Waals surface area contributed by atoms with Crippen molar-refractivity contribution in [3.63, 3.8) is 0 Å². The summed E-state index contributed by atoms with van der Waals surface area (Å²) in [4.78, 5) is 14.9. The molecule has 0 unspecified atom stereocenters. The average molecular weight is 432 g/mol. The minimum atomic E-state index is -0.300. The van der Waals surface area contributed by atoms with Crippen LogP contribution in [0.3, 0.4) is 0 Å². The highest BCUT2D eigenvalue weighted by molar-refractivity contribution is 5.74. The number of carbonyl (C=O) groups is 1. The van der Waals surface area contributed by atoms with E-state index < -0.39 is 0 Å². The Morgan fingerprint density at radius 3 is 1.94 bits per heavy atom. The maximum absolute atomic E-state index is 12.4. The normalized spacial score (nSPS) is 20.0. The summed E-state index contributed by atoms with van der Waals surface area (Å²) in [6.07, 6.45) is 2.18. The van der Waals surface area contributed by atoms with Gasteiger partial charge in [0.05, 0.1) is 0 Å². The number of likely N-dealkylation sites (tertiary alicyclic amines) is 1. The summed E-state index contributed by atoms with van der Waals surface area (Å²) in [7, 11) is 2.19. The number of hydrogen-bond acceptors (Lipinski definition) is 4. The molecule has 2 rings (SSSR count). The van der Waals surface area contributed by atoms with Crippen LogP contribution in [0.1, 0.15) is 118 Å². The lowest BCUT2D eigenvalue weighted by atomic mass is 9.67. The standard InChI is InChI=1S/C27H45NO3/c1-13-20(29)31-19-14-18(24(2,3)4)23(30)22(25(5,6)7)21(19)17-15-26(8,9)28(12)27(10,11)16-17/h14,17,30H,13,15-16H2,1-12H3. The maximum atomic E-state index is 12.4. The zero-order valence-electron chi connectivity index (χ0n) is 22.0. The number of benzene rings is 1. The van der Waals surface area contributed by atoms with Gasteiger partial charge in [-0.15, -0.1) is 0 Å². The van der Waals surface area contributed by atoms with Crippen molar-refractivity contribution in [2.24, 2.45) is 0 Å². The highest BCUT2D eigenvalue weighted by Crippen LogP contribution is 2.53. The van der Waals surface area contributed by atoms with Crippen molar-refractivity contribution in [1.29, 1.82) is 0 Å². The second-order valence-corrected chi connectivity index (χ2v) is 12.7. The molecule has 1 aromatic rings. The molecule has 1 fully saturated rings. The fraction of sp³-hybridized carbons (Fsp3) is 0.741. The molecular formula is C27H45NO3. The predicted octanol–water partition coefficient (Wildman–Crippen LogP) is 6.67. The minimum Gasteiger partial charge on any atom is -0.507 e. The number of hydrogen-bond donors (Lipinski definition) is 1. The van der Waals surface area contributed by atoms with Crippen molar-refractivity contribution < 1.29 is 14.6 Å². The Labute approximate surface area is 190 Å². The topological polar surface area (TPSA) is 49.8 Å². The van der Waals surface area contributed by atoms with Gasteiger partial charge in [-0.3, -0.25) is 9.69 Å². The molecule has 1 aromatic carbocycles. The Balaban J connectivity index is 2.89. The van der Waals surface area contributed by atoms with Gasteiger partial charge in [0.25, 0.3) is 0 Å². The van der Waals surface area contributed by atoms with Crippen LogP contribution in [-0.2, 0) is 15.6 Å². The van der Waals surface area contributed by atoms with Gasteiger partial charge in [-0.2, -0.15) is 0 Å². The van der Waals surface area contributed by atoms with Crippen LogP contribution in [-0.4, -0.2) is 34.1 Å². The number of carbonyl (C=O) groups excluding carboxylic acids is 1. The molecule has 176 valence electrons. The first kappa shape index (κ1) is 25.7. The van der Waals surface area contributed by atoms with Crippen LogP contribution < -0.4 is 4.74 Å². The van der Waals surface area contributed by atoms with Crippen LogP contribution in [0.25, 0.3) is 0 Å². The predicted molar refractivity (Wildman–Crippen MR) is 129 cm³/mol. The zero-order chi connectivity index (χ0) is 24.2. The molecule has 1 aliphatic heterocycles. The first-order chi connectivity index (χ1) is 13.8. The van der Waals surface area contributed by atoms with E-state index in [4.69, 9.17) is 4.74 Å². The highest BCUT2D eigenvalue weighted by atomic mass is 16.5. The van der Waals surface area contributed by atoms with Crippen LogP contribution in [0.15, 0.2) is 6.07 Å². The fourth-order valence-electron chi connectivity index (χ4n) is 5.25. The second kappa shape index (κ2) is 8.10. The van der Waals surface area contributed by atoms with Gasteiger partial charge in [-0.05, 0) is 70.4 Å². The van der Waals surface area contributed by atoms with Crippen molar-refractivity contribution in [3.05, 3.63) is 22.8 Å². The third kappa shape index (κ3) is 5.10. The van der Waals surface area contributed by atoms with Crippen LogP contribution in [0.2, 0.25) is 0 Å². The van der Waals surface area contributed by atoms with Gasteiger partial charge in [0, 0.05) is 34.2 Å². The van der Waals surface area contributed by atoms with Gasteiger partial charge in [-0.25, -0.2) is 0 Å². The number of esters is 1. The molecule has 1 heterocycles. The third-order valence-corrected chi connectivity index (χ3v) is 7.09. The smallest absolute Gasteiger partial charge is 0.310 e. The van der Waals surface area contributed by atoms with Gasteiger partial charge < -0.3 is 9.84 Å². The molecule has 0 bridgehead atoms. The van der Waals surface area contributed by atoms with E-state index in [-0.39, 0.29) is 33.8 Å². The largest absolute Gasteiger partial charge is 0.507 e. The molecular weight excluding hydrogens is 386 g/mol. The summed E-state index contributed by atoms with van der Waals surface area (Å²) in [5.41, 5.74) is 2.13. The lowest BCUT2D eigenvalue weighted by Gasteiger charge is -2.54. The van der Waals surface area contributed by atoms with Gasteiger partial charge in [0.1, 0.15) is 11.5 Å². The second-order valence-electron chi connectivity index (χ2n) is 12.7. The molecule has 0 spiro atoms. The number of phenolic OH excluding ortho intramolecular Hbond substituents is 1. The van der Waals surface area contributed by atoms with Crippen molar-refractivity contribution in [1.82, 2.24) is 4.90 Å². The Bertz CT molecular complexity index is 820. The molecule has 0 saturated carbocycles. The van der Waals surface area contributed by atoms with Crippen molar-refractivity contribution in [2.45, 2.75) is 123 Å². The molecule has 4 heteroatoms. The Morgan fingerprint density at radius 2 is 1.55 bits per heavy atom. The Morgan fingerprint density at radius 1 is 1.06 bits per heavy atom. The van der Waals surface area contributed by atoms with E-state index in [1.54, 1.807) is 0 Å². The summed E-state index contributed by atoms with van der Waals surface area (Å²) >= 11 is 0. The molecule has 0 radical (unpaired) electrons. The zero-order valence-corrected chi connectivity index (χ0v) is 22.0. The van der Waals surface area contributed by atoms with Crippen molar-refractivity contribution in [2.75, 3.05) is 7.05 Å². The van der Waals surface area contributed by atoms with Crippen LogP contribution >= 0.6 is 0 Å². The van der Waals surface area contributed by atoms with Gasteiger partial charge in [0.15, 0.2) is 0 Å². The number of aromatic hydroxyl groups is 1. The lowest BCUT2D eigenvalue weighted by molar-refractivity contribution is -0.134. The molecule has 1 saturated heterocycles. The van der Waals surface area contributed by atoms with Crippen LogP contribution in [0.4, 0.5) is 0 Å². The van der Waals surface area contributed by atoms with Crippen molar-refractivity contribution in [3.8, 4) is 11.5 Å².